The van der Waals surface area contributed by atoms with Gasteiger partial charge in [-0.15, -0.1) is 12.4 Å². The molecule has 1 aliphatic heterocycles. The average Bonchev–Trinajstić information content (AvgIpc) is 3.45. The highest BCUT2D eigenvalue weighted by Crippen LogP contribution is 2.47. The zero-order chi connectivity index (χ0) is 18.5. The maximum atomic E-state index is 13.7. The van der Waals surface area contributed by atoms with Crippen molar-refractivity contribution in [3.63, 3.8) is 0 Å². The van der Waals surface area contributed by atoms with Gasteiger partial charge in [0.2, 0.25) is 11.8 Å². The molecule has 5 nitrogen and oxygen atoms in total. The van der Waals surface area contributed by atoms with Crippen LogP contribution in [0.15, 0.2) is 18.2 Å². The van der Waals surface area contributed by atoms with Crippen molar-refractivity contribution in [2.24, 2.45) is 23.0 Å². The molecule has 3 fully saturated rings. The van der Waals surface area contributed by atoms with Crippen LogP contribution in [0.2, 0.25) is 0 Å². The molecule has 1 aromatic rings. The third kappa shape index (κ3) is 4.11. The van der Waals surface area contributed by atoms with Crippen LogP contribution in [-0.2, 0) is 16.1 Å². The zero-order valence-corrected chi connectivity index (χ0v) is 16.4. The van der Waals surface area contributed by atoms with E-state index in [1.807, 2.05) is 13.0 Å². The van der Waals surface area contributed by atoms with Crippen LogP contribution in [0.4, 0.5) is 4.39 Å². The Labute approximate surface area is 165 Å². The topological polar surface area (TPSA) is 75.4 Å². The van der Waals surface area contributed by atoms with E-state index in [2.05, 4.69) is 10.2 Å². The number of nitrogens with zero attached hydrogens (tertiary/aromatic N) is 1. The lowest BCUT2D eigenvalue weighted by Crippen LogP contribution is -2.48. The third-order valence-corrected chi connectivity index (χ3v) is 6.15. The molecule has 0 unspecified atom stereocenters. The molecule has 1 saturated heterocycles. The zero-order valence-electron chi connectivity index (χ0n) is 15.5. The molecular formula is C20H27ClFN3O2. The highest BCUT2D eigenvalue weighted by Gasteiger charge is 2.56. The van der Waals surface area contributed by atoms with Crippen molar-refractivity contribution in [1.29, 1.82) is 0 Å². The molecule has 0 spiro atoms. The first-order valence-electron chi connectivity index (χ1n) is 9.47. The van der Waals surface area contributed by atoms with Gasteiger partial charge >= 0.3 is 0 Å². The highest BCUT2D eigenvalue weighted by atomic mass is 35.5. The molecule has 148 valence electrons. The number of nitrogens with one attached hydrogen (secondary N) is 1. The van der Waals surface area contributed by atoms with Gasteiger partial charge in [-0.1, -0.05) is 6.07 Å². The van der Waals surface area contributed by atoms with Crippen molar-refractivity contribution in [1.82, 2.24) is 10.2 Å². The Balaban J connectivity index is 0.00000210. The van der Waals surface area contributed by atoms with Crippen LogP contribution in [0, 0.1) is 30.0 Å². The Morgan fingerprint density at radius 1 is 1.26 bits per heavy atom. The van der Waals surface area contributed by atoms with Gasteiger partial charge < -0.3 is 11.1 Å². The lowest BCUT2D eigenvalue weighted by molar-refractivity contribution is -0.136. The number of likely N-dealkylation sites (tertiary alicyclic amines) is 1. The van der Waals surface area contributed by atoms with E-state index in [0.717, 1.165) is 24.2 Å². The van der Waals surface area contributed by atoms with E-state index in [9.17, 15) is 14.0 Å². The van der Waals surface area contributed by atoms with Crippen molar-refractivity contribution in [2.75, 3.05) is 13.1 Å². The second kappa shape index (κ2) is 7.40. The van der Waals surface area contributed by atoms with Crippen molar-refractivity contribution in [2.45, 2.75) is 45.2 Å². The summed E-state index contributed by atoms with van der Waals surface area (Å²) in [4.78, 5) is 26.5. The van der Waals surface area contributed by atoms with Gasteiger partial charge in [-0.2, -0.15) is 0 Å². The van der Waals surface area contributed by atoms with E-state index in [-0.39, 0.29) is 30.2 Å². The molecule has 7 heteroatoms. The minimum atomic E-state index is -0.971. The molecule has 3 aliphatic rings. The number of amides is 2. The predicted octanol–water partition coefficient (Wildman–Crippen LogP) is 2.15. The number of rotatable bonds is 6. The summed E-state index contributed by atoms with van der Waals surface area (Å²) in [5.41, 5.74) is 6.33. The Kier molecular flexibility index (Phi) is 5.50. The maximum Gasteiger partial charge on any atom is 0.235 e. The molecule has 3 N–H and O–H groups in total. The number of hydrogen-bond donors (Lipinski definition) is 2. The van der Waals surface area contributed by atoms with E-state index >= 15 is 0 Å². The van der Waals surface area contributed by atoms with Gasteiger partial charge in [0.1, 0.15) is 11.2 Å². The van der Waals surface area contributed by atoms with E-state index in [0.29, 0.717) is 31.2 Å². The van der Waals surface area contributed by atoms with Gasteiger partial charge in [-0.25, -0.2) is 4.39 Å². The van der Waals surface area contributed by atoms with Crippen LogP contribution in [0.1, 0.15) is 36.8 Å². The van der Waals surface area contributed by atoms with Gasteiger partial charge in [0.05, 0.1) is 0 Å². The quantitative estimate of drug-likeness (QED) is 0.725. The second-order valence-corrected chi connectivity index (χ2v) is 8.36. The SMILES string of the molecule is Cc1cc(F)cc(CN2C[C@H](NC(=O)C3(C(N)=O)CC3)[C@@H](C3CC3)C2)c1.Cl. The first kappa shape index (κ1) is 20.1. The maximum absolute atomic E-state index is 13.7. The Morgan fingerprint density at radius 3 is 2.52 bits per heavy atom. The van der Waals surface area contributed by atoms with Crippen molar-refractivity contribution >= 4 is 24.2 Å². The summed E-state index contributed by atoms with van der Waals surface area (Å²) in [6.07, 6.45) is 3.51. The molecule has 1 heterocycles. The summed E-state index contributed by atoms with van der Waals surface area (Å²) < 4.78 is 13.7. The molecular weight excluding hydrogens is 369 g/mol. The Hall–Kier alpha value is -1.66. The van der Waals surface area contributed by atoms with Crippen LogP contribution in [-0.4, -0.2) is 35.8 Å². The average molecular weight is 396 g/mol. The fourth-order valence-corrected chi connectivity index (χ4v) is 4.38. The summed E-state index contributed by atoms with van der Waals surface area (Å²) in [7, 11) is 0. The van der Waals surface area contributed by atoms with Crippen molar-refractivity contribution in [3.05, 3.63) is 35.1 Å². The van der Waals surface area contributed by atoms with Crippen LogP contribution >= 0.6 is 12.4 Å². The fourth-order valence-electron chi connectivity index (χ4n) is 4.38. The number of carbonyl (C=O) groups is 2. The molecule has 1 aromatic carbocycles. The minimum Gasteiger partial charge on any atom is -0.369 e. The number of carbonyl (C=O) groups excluding carboxylic acids is 2. The lowest BCUT2D eigenvalue weighted by atomic mass is 9.96. The smallest absolute Gasteiger partial charge is 0.235 e. The van der Waals surface area contributed by atoms with E-state index < -0.39 is 11.3 Å². The van der Waals surface area contributed by atoms with E-state index in [1.54, 1.807) is 6.07 Å². The molecule has 27 heavy (non-hydrogen) atoms. The number of aryl methyl sites for hydroxylation is 1. The van der Waals surface area contributed by atoms with Gasteiger partial charge in [-0.3, -0.25) is 14.5 Å². The molecule has 0 aromatic heterocycles. The second-order valence-electron chi connectivity index (χ2n) is 8.36. The van der Waals surface area contributed by atoms with Crippen LogP contribution in [0.3, 0.4) is 0 Å². The van der Waals surface area contributed by atoms with Crippen LogP contribution in [0.25, 0.3) is 0 Å². The summed E-state index contributed by atoms with van der Waals surface area (Å²) in [6, 6.07) is 5.16. The first-order valence-corrected chi connectivity index (χ1v) is 9.47. The standard InChI is InChI=1S/C20H26FN3O2.ClH/c1-12-6-13(8-15(21)7-12)9-24-10-16(14-2-3-14)17(11-24)23-19(26)20(4-5-20)18(22)25;/h6-8,14,16-17H,2-5,9-11H2,1H3,(H2,22,25)(H,23,26);1H/t16-,17+;/m1./s1. The van der Waals surface area contributed by atoms with Crippen LogP contribution < -0.4 is 11.1 Å². The lowest BCUT2D eigenvalue weighted by Gasteiger charge is -2.22. The van der Waals surface area contributed by atoms with Gasteiger partial charge in [0.15, 0.2) is 0 Å². The van der Waals surface area contributed by atoms with Gasteiger partial charge in [0, 0.05) is 25.7 Å². The minimum absolute atomic E-state index is 0. The first-order chi connectivity index (χ1) is 12.4. The van der Waals surface area contributed by atoms with E-state index in [4.69, 9.17) is 5.73 Å². The normalized spacial score (nSPS) is 26.3. The van der Waals surface area contributed by atoms with E-state index in [1.165, 1.54) is 18.9 Å². The Bertz CT molecular complexity index is 728. The molecule has 2 amide bonds. The van der Waals surface area contributed by atoms with Crippen molar-refractivity contribution in [3.8, 4) is 0 Å². The van der Waals surface area contributed by atoms with Crippen molar-refractivity contribution < 1.29 is 14.0 Å². The summed E-state index contributed by atoms with van der Waals surface area (Å²) in [5.74, 6) is 0.118. The molecule has 0 radical (unpaired) electrons. The largest absolute Gasteiger partial charge is 0.369 e. The summed E-state index contributed by atoms with van der Waals surface area (Å²) >= 11 is 0. The van der Waals surface area contributed by atoms with Gasteiger partial charge in [0.25, 0.3) is 0 Å². The predicted molar refractivity (Wildman–Crippen MR) is 103 cm³/mol. The monoisotopic (exact) mass is 395 g/mol. The molecule has 4 rings (SSSR count). The third-order valence-electron chi connectivity index (χ3n) is 6.15. The molecule has 2 aliphatic carbocycles. The Morgan fingerprint density at radius 2 is 1.96 bits per heavy atom. The highest BCUT2D eigenvalue weighted by molar-refractivity contribution is 6.07. The fraction of sp³-hybridized carbons (Fsp3) is 0.600. The number of hydrogen-bond acceptors (Lipinski definition) is 3. The summed E-state index contributed by atoms with van der Waals surface area (Å²) in [6.45, 7) is 4.20. The molecule has 2 atom stereocenters. The summed E-state index contributed by atoms with van der Waals surface area (Å²) in [5, 5.41) is 3.12. The number of primary amides is 1. The van der Waals surface area contributed by atoms with Crippen LogP contribution in [0.5, 0.6) is 0 Å². The molecule has 0 bridgehead atoms. The number of halogens is 2. The molecule has 2 saturated carbocycles. The van der Waals surface area contributed by atoms with Gasteiger partial charge in [-0.05, 0) is 67.7 Å². The number of benzene rings is 1. The number of nitrogens with two attached hydrogens (primary N) is 1.